The van der Waals surface area contributed by atoms with Gasteiger partial charge in [0, 0.05) is 11.3 Å². The van der Waals surface area contributed by atoms with Crippen molar-refractivity contribution in [3.05, 3.63) is 106 Å². The zero-order valence-corrected chi connectivity index (χ0v) is 18.5. The van der Waals surface area contributed by atoms with Crippen molar-refractivity contribution in [2.75, 3.05) is 0 Å². The van der Waals surface area contributed by atoms with Crippen LogP contribution in [0.5, 0.6) is 0 Å². The highest BCUT2D eigenvalue weighted by molar-refractivity contribution is 7.98. The second kappa shape index (κ2) is 8.77. The lowest BCUT2D eigenvalue weighted by molar-refractivity contribution is 0.573. The molecule has 0 spiro atoms. The van der Waals surface area contributed by atoms with Gasteiger partial charge in [-0.3, -0.25) is 9.36 Å². The van der Waals surface area contributed by atoms with E-state index in [1.807, 2.05) is 49.4 Å². The fourth-order valence-corrected chi connectivity index (χ4v) is 4.35. The molecule has 160 valence electrons. The van der Waals surface area contributed by atoms with E-state index in [9.17, 15) is 4.79 Å². The van der Waals surface area contributed by atoms with E-state index in [4.69, 9.17) is 14.7 Å². The maximum atomic E-state index is 13.3. The van der Waals surface area contributed by atoms with E-state index in [1.54, 1.807) is 41.2 Å². The van der Waals surface area contributed by atoms with Gasteiger partial charge in [0.1, 0.15) is 6.26 Å². The first-order chi connectivity index (χ1) is 16.1. The third kappa shape index (κ3) is 4.16. The Bertz CT molecular complexity index is 1550. The number of thioether (sulfide) groups is 1. The summed E-state index contributed by atoms with van der Waals surface area (Å²) in [5.74, 6) is 1.04. The second-order valence-corrected chi connectivity index (χ2v) is 8.45. The van der Waals surface area contributed by atoms with Crippen molar-refractivity contribution in [1.29, 1.82) is 5.26 Å². The zero-order chi connectivity index (χ0) is 22.8. The molecule has 33 heavy (non-hydrogen) atoms. The van der Waals surface area contributed by atoms with Gasteiger partial charge in [-0.15, -0.1) is 0 Å². The van der Waals surface area contributed by atoms with E-state index in [0.717, 1.165) is 11.3 Å². The van der Waals surface area contributed by atoms with E-state index in [1.165, 1.54) is 17.3 Å². The van der Waals surface area contributed by atoms with Crippen LogP contribution in [0.25, 0.3) is 28.0 Å². The summed E-state index contributed by atoms with van der Waals surface area (Å²) in [6.07, 6.45) is 1.63. The van der Waals surface area contributed by atoms with E-state index >= 15 is 0 Å². The summed E-state index contributed by atoms with van der Waals surface area (Å²) in [5.41, 5.74) is 4.49. The first kappa shape index (κ1) is 20.7. The summed E-state index contributed by atoms with van der Waals surface area (Å²) in [6, 6.07) is 24.3. The molecule has 2 aromatic heterocycles. The van der Waals surface area contributed by atoms with Crippen molar-refractivity contribution in [2.45, 2.75) is 17.8 Å². The molecule has 0 aliphatic heterocycles. The van der Waals surface area contributed by atoms with Gasteiger partial charge in [0.15, 0.2) is 5.16 Å². The number of fused-ring (bicyclic) bond motifs is 1. The summed E-state index contributed by atoms with van der Waals surface area (Å²) in [4.78, 5) is 22.7. The largest absolute Gasteiger partial charge is 0.444 e. The third-order valence-electron chi connectivity index (χ3n) is 5.20. The first-order valence-corrected chi connectivity index (χ1v) is 11.3. The lowest BCUT2D eigenvalue weighted by atomic mass is 10.1. The van der Waals surface area contributed by atoms with Crippen LogP contribution in [0.15, 0.2) is 93.4 Å². The number of rotatable bonds is 5. The van der Waals surface area contributed by atoms with Crippen LogP contribution in [0.3, 0.4) is 0 Å². The Kier molecular flexibility index (Phi) is 5.51. The van der Waals surface area contributed by atoms with Crippen molar-refractivity contribution in [3.8, 4) is 23.2 Å². The molecule has 0 unspecified atom stereocenters. The fourth-order valence-electron chi connectivity index (χ4n) is 3.46. The highest BCUT2D eigenvalue weighted by Crippen LogP contribution is 2.26. The number of hydrogen-bond donors (Lipinski definition) is 0. The van der Waals surface area contributed by atoms with Crippen LogP contribution in [0.4, 0.5) is 0 Å². The Hall–Kier alpha value is -4.15. The molecule has 3 aromatic carbocycles. The molecule has 5 aromatic rings. The Morgan fingerprint density at radius 2 is 1.76 bits per heavy atom. The maximum absolute atomic E-state index is 13.3. The minimum atomic E-state index is -0.159. The number of aryl methyl sites for hydroxylation is 1. The van der Waals surface area contributed by atoms with E-state index < -0.39 is 0 Å². The summed E-state index contributed by atoms with van der Waals surface area (Å²) < 4.78 is 7.25. The number of nitrogens with zero attached hydrogens (tertiary/aromatic N) is 4. The van der Waals surface area contributed by atoms with Crippen molar-refractivity contribution >= 4 is 22.7 Å². The molecule has 0 saturated heterocycles. The minimum absolute atomic E-state index is 0.159. The second-order valence-electron chi connectivity index (χ2n) is 7.51. The van der Waals surface area contributed by atoms with Crippen molar-refractivity contribution < 1.29 is 4.42 Å². The molecule has 0 radical (unpaired) electrons. The molecule has 0 bridgehead atoms. The zero-order valence-electron chi connectivity index (χ0n) is 17.7. The molecule has 0 fully saturated rings. The van der Waals surface area contributed by atoms with Gasteiger partial charge in [-0.2, -0.15) is 5.26 Å². The van der Waals surface area contributed by atoms with E-state index in [-0.39, 0.29) is 5.56 Å². The van der Waals surface area contributed by atoms with Gasteiger partial charge in [-0.25, -0.2) is 9.97 Å². The minimum Gasteiger partial charge on any atom is -0.444 e. The van der Waals surface area contributed by atoms with E-state index in [2.05, 4.69) is 11.1 Å². The van der Waals surface area contributed by atoms with Crippen LogP contribution in [0.2, 0.25) is 0 Å². The molecule has 0 amide bonds. The van der Waals surface area contributed by atoms with Crippen LogP contribution in [-0.2, 0) is 5.75 Å². The van der Waals surface area contributed by atoms with Crippen molar-refractivity contribution in [1.82, 2.24) is 14.5 Å². The fraction of sp³-hybridized carbons (Fsp3) is 0.0769. The van der Waals surface area contributed by atoms with Gasteiger partial charge < -0.3 is 4.42 Å². The molecule has 2 heterocycles. The lowest BCUT2D eigenvalue weighted by Crippen LogP contribution is -2.21. The van der Waals surface area contributed by atoms with Crippen LogP contribution in [-0.4, -0.2) is 14.5 Å². The van der Waals surface area contributed by atoms with Gasteiger partial charge in [-0.1, -0.05) is 41.6 Å². The van der Waals surface area contributed by atoms with Gasteiger partial charge in [0.05, 0.1) is 33.9 Å². The van der Waals surface area contributed by atoms with Crippen LogP contribution in [0.1, 0.15) is 16.8 Å². The highest BCUT2D eigenvalue weighted by atomic mass is 32.2. The molecule has 0 aliphatic rings. The average Bonchev–Trinajstić information content (AvgIpc) is 3.32. The van der Waals surface area contributed by atoms with Crippen molar-refractivity contribution in [3.63, 3.8) is 0 Å². The Morgan fingerprint density at radius 3 is 2.52 bits per heavy atom. The summed E-state index contributed by atoms with van der Waals surface area (Å²) in [6.45, 7) is 2.03. The maximum Gasteiger partial charge on any atom is 0.266 e. The number of hydrogen-bond acceptors (Lipinski definition) is 6. The predicted octanol–water partition coefficient (Wildman–Crippen LogP) is 5.51. The lowest BCUT2D eigenvalue weighted by Gasteiger charge is -2.13. The Labute approximate surface area is 194 Å². The molecular formula is C26H18N4O2S. The van der Waals surface area contributed by atoms with Crippen LogP contribution >= 0.6 is 11.8 Å². The molecule has 6 nitrogen and oxygen atoms in total. The topological polar surface area (TPSA) is 84.7 Å². The van der Waals surface area contributed by atoms with Crippen LogP contribution < -0.4 is 5.56 Å². The summed E-state index contributed by atoms with van der Waals surface area (Å²) in [5, 5.41) is 10.2. The number of para-hydroxylation sites is 1. The smallest absolute Gasteiger partial charge is 0.266 e. The predicted molar refractivity (Wildman–Crippen MR) is 128 cm³/mol. The van der Waals surface area contributed by atoms with Crippen molar-refractivity contribution in [2.24, 2.45) is 0 Å². The summed E-state index contributed by atoms with van der Waals surface area (Å²) in [7, 11) is 0. The number of benzene rings is 3. The third-order valence-corrected chi connectivity index (χ3v) is 6.17. The molecule has 5 rings (SSSR count). The normalized spacial score (nSPS) is 10.9. The molecule has 0 saturated carbocycles. The molecule has 0 aliphatic carbocycles. The standard InChI is InChI=1S/C26H18N4O2S/c1-17-6-10-19(11-7-17)24-28-20(15-32-24)16-33-26-29-23-5-3-2-4-22(23)25(31)30(26)21-12-8-18(14-27)9-13-21/h2-13,15H,16H2,1H3. The van der Waals surface area contributed by atoms with Gasteiger partial charge >= 0.3 is 0 Å². The monoisotopic (exact) mass is 450 g/mol. The molecule has 7 heteroatoms. The van der Waals surface area contributed by atoms with Crippen LogP contribution in [0, 0.1) is 18.3 Å². The number of nitriles is 1. The SMILES string of the molecule is Cc1ccc(-c2nc(CSc3nc4ccccc4c(=O)n3-c3ccc(C#N)cc3)co2)cc1. The van der Waals surface area contributed by atoms with E-state index in [0.29, 0.717) is 39.0 Å². The molecule has 0 N–H and O–H groups in total. The summed E-state index contributed by atoms with van der Waals surface area (Å²) >= 11 is 1.41. The first-order valence-electron chi connectivity index (χ1n) is 10.3. The Morgan fingerprint density at radius 1 is 1.00 bits per heavy atom. The quantitative estimate of drug-likeness (QED) is 0.259. The molecule has 0 atom stereocenters. The van der Waals surface area contributed by atoms with Gasteiger partial charge in [-0.05, 0) is 55.5 Å². The highest BCUT2D eigenvalue weighted by Gasteiger charge is 2.15. The number of oxazole rings is 1. The Balaban J connectivity index is 1.50. The average molecular weight is 451 g/mol. The van der Waals surface area contributed by atoms with Gasteiger partial charge in [0.25, 0.3) is 5.56 Å². The van der Waals surface area contributed by atoms with Gasteiger partial charge in [0.2, 0.25) is 5.89 Å². The molecular weight excluding hydrogens is 432 g/mol. The number of aromatic nitrogens is 3.